The minimum atomic E-state index is -1.10. The summed E-state index contributed by atoms with van der Waals surface area (Å²) in [6, 6.07) is 14.7. The molecule has 0 bridgehead atoms. The van der Waals surface area contributed by atoms with Crippen LogP contribution in [0, 0.1) is 5.82 Å². The fourth-order valence-corrected chi connectivity index (χ4v) is 2.31. The van der Waals surface area contributed by atoms with Gasteiger partial charge in [-0.3, -0.25) is 0 Å². The molecule has 1 N–H and O–H groups in total. The maximum Gasteiger partial charge on any atom is 0.341 e. The second kappa shape index (κ2) is 7.04. The lowest BCUT2D eigenvalue weighted by molar-refractivity contribution is -0.139. The molecule has 0 aliphatic rings. The number of nitrogens with zero attached hydrogens (tertiary/aromatic N) is 2. The van der Waals surface area contributed by atoms with E-state index in [0.29, 0.717) is 17.1 Å². The van der Waals surface area contributed by atoms with Crippen LogP contribution in [0.3, 0.4) is 0 Å². The molecule has 128 valence electrons. The third-order valence-electron chi connectivity index (χ3n) is 3.49. The molecule has 0 saturated carbocycles. The maximum atomic E-state index is 13.2. The van der Waals surface area contributed by atoms with E-state index in [9.17, 15) is 9.18 Å². The van der Waals surface area contributed by atoms with Gasteiger partial charge in [-0.25, -0.2) is 13.9 Å². The fourth-order valence-electron chi connectivity index (χ4n) is 2.31. The van der Waals surface area contributed by atoms with Crippen LogP contribution in [0.1, 0.15) is 0 Å². The van der Waals surface area contributed by atoms with Gasteiger partial charge in [-0.15, -0.1) is 5.10 Å². The van der Waals surface area contributed by atoms with Crippen molar-refractivity contribution >= 4 is 5.97 Å². The lowest BCUT2D eigenvalue weighted by Crippen LogP contribution is -2.10. The highest BCUT2D eigenvalue weighted by Crippen LogP contribution is 2.28. The molecule has 0 aliphatic heterocycles. The number of ether oxygens (including phenoxy) is 2. The van der Waals surface area contributed by atoms with Gasteiger partial charge in [0.25, 0.3) is 0 Å². The highest BCUT2D eigenvalue weighted by atomic mass is 19.1. The Labute approximate surface area is 143 Å². The number of carbonyl (C=O) groups is 1. The number of rotatable bonds is 6. The third kappa shape index (κ3) is 3.77. The summed E-state index contributed by atoms with van der Waals surface area (Å²) in [4.78, 5) is 10.7. The van der Waals surface area contributed by atoms with Crippen LogP contribution >= 0.6 is 0 Å². The number of carboxylic acid groups (broad SMARTS) is 1. The van der Waals surface area contributed by atoms with E-state index < -0.39 is 12.6 Å². The molecule has 1 heterocycles. The van der Waals surface area contributed by atoms with Gasteiger partial charge in [0, 0.05) is 11.6 Å². The molecule has 0 unspecified atom stereocenters. The molecule has 0 radical (unpaired) electrons. The first kappa shape index (κ1) is 16.5. The van der Waals surface area contributed by atoms with E-state index in [-0.39, 0.29) is 11.7 Å². The van der Waals surface area contributed by atoms with E-state index in [0.717, 1.165) is 5.56 Å². The highest BCUT2D eigenvalue weighted by molar-refractivity contribution is 5.69. The Balaban J connectivity index is 2.03. The SMILES string of the molecule is COc1ccc(-c2cc(OCC(=O)O)nn2-c2ccc(F)cc2)cc1. The molecule has 25 heavy (non-hydrogen) atoms. The molecule has 0 aliphatic carbocycles. The number of benzene rings is 2. The summed E-state index contributed by atoms with van der Waals surface area (Å²) >= 11 is 0. The molecule has 1 aromatic heterocycles. The molecular formula is C18H15FN2O4. The van der Waals surface area contributed by atoms with Crippen LogP contribution in [0.4, 0.5) is 4.39 Å². The highest BCUT2D eigenvalue weighted by Gasteiger charge is 2.14. The first-order chi connectivity index (χ1) is 12.1. The van der Waals surface area contributed by atoms with Crippen molar-refractivity contribution in [3.63, 3.8) is 0 Å². The van der Waals surface area contributed by atoms with Gasteiger partial charge in [0.15, 0.2) is 6.61 Å². The number of hydrogen-bond donors (Lipinski definition) is 1. The standard InChI is InChI=1S/C18H15FN2O4/c1-24-15-8-2-12(3-9-15)16-10-17(25-11-18(22)23)20-21(16)14-6-4-13(19)5-7-14/h2-10H,11H2,1H3,(H,22,23). The summed E-state index contributed by atoms with van der Waals surface area (Å²) < 4.78 is 25.1. The lowest BCUT2D eigenvalue weighted by atomic mass is 10.1. The van der Waals surface area contributed by atoms with Gasteiger partial charge in [-0.05, 0) is 48.5 Å². The summed E-state index contributed by atoms with van der Waals surface area (Å²) in [5, 5.41) is 13.0. The Hall–Kier alpha value is -3.35. The van der Waals surface area contributed by atoms with Crippen LogP contribution in [0.2, 0.25) is 0 Å². The van der Waals surface area contributed by atoms with Crippen molar-refractivity contribution < 1.29 is 23.8 Å². The predicted octanol–water partition coefficient (Wildman–Crippen LogP) is 3.15. The minimum Gasteiger partial charge on any atom is -0.497 e. The van der Waals surface area contributed by atoms with Crippen molar-refractivity contribution in [2.24, 2.45) is 0 Å². The summed E-state index contributed by atoms with van der Waals surface area (Å²) in [5.41, 5.74) is 2.12. The first-order valence-corrected chi connectivity index (χ1v) is 7.42. The Morgan fingerprint density at radius 3 is 2.44 bits per heavy atom. The zero-order valence-corrected chi connectivity index (χ0v) is 13.3. The molecule has 6 nitrogen and oxygen atoms in total. The summed E-state index contributed by atoms with van der Waals surface area (Å²) in [6.45, 7) is -0.498. The Morgan fingerprint density at radius 1 is 1.16 bits per heavy atom. The second-order valence-corrected chi connectivity index (χ2v) is 5.17. The largest absolute Gasteiger partial charge is 0.497 e. The molecule has 0 fully saturated rings. The number of carboxylic acids is 1. The van der Waals surface area contributed by atoms with Crippen LogP contribution < -0.4 is 9.47 Å². The molecule has 0 saturated heterocycles. The van der Waals surface area contributed by atoms with Gasteiger partial charge < -0.3 is 14.6 Å². The molecule has 3 aromatic rings. The van der Waals surface area contributed by atoms with Gasteiger partial charge in [-0.1, -0.05) is 0 Å². The number of hydrogen-bond acceptors (Lipinski definition) is 4. The molecule has 3 rings (SSSR count). The van der Waals surface area contributed by atoms with Crippen LogP contribution in [0.15, 0.2) is 54.6 Å². The minimum absolute atomic E-state index is 0.164. The second-order valence-electron chi connectivity index (χ2n) is 5.17. The Kier molecular flexibility index (Phi) is 4.65. The summed E-state index contributed by atoms with van der Waals surface area (Å²) in [5.74, 6) is -0.580. The van der Waals surface area contributed by atoms with E-state index in [1.54, 1.807) is 42.1 Å². The zero-order valence-electron chi connectivity index (χ0n) is 13.3. The van der Waals surface area contributed by atoms with Gasteiger partial charge in [-0.2, -0.15) is 0 Å². The molecule has 0 amide bonds. The van der Waals surface area contributed by atoms with Crippen molar-refractivity contribution in [2.75, 3.05) is 13.7 Å². The average molecular weight is 342 g/mol. The van der Waals surface area contributed by atoms with Crippen molar-refractivity contribution in [2.45, 2.75) is 0 Å². The monoisotopic (exact) mass is 342 g/mol. The molecule has 0 spiro atoms. The topological polar surface area (TPSA) is 73.6 Å². The van der Waals surface area contributed by atoms with Gasteiger partial charge >= 0.3 is 5.97 Å². The predicted molar refractivity (Wildman–Crippen MR) is 88.6 cm³/mol. The zero-order chi connectivity index (χ0) is 17.8. The lowest BCUT2D eigenvalue weighted by Gasteiger charge is -2.08. The van der Waals surface area contributed by atoms with Crippen molar-refractivity contribution in [3.8, 4) is 28.6 Å². The van der Waals surface area contributed by atoms with E-state index in [1.807, 2.05) is 12.1 Å². The number of methoxy groups -OCH3 is 1. The molecule has 7 heteroatoms. The Bertz CT molecular complexity index is 873. The molecular weight excluding hydrogens is 327 g/mol. The van der Waals surface area contributed by atoms with Crippen LogP contribution in [-0.2, 0) is 4.79 Å². The molecule has 2 aromatic carbocycles. The van der Waals surface area contributed by atoms with E-state index in [1.165, 1.54) is 12.1 Å². The summed E-state index contributed by atoms with van der Waals surface area (Å²) in [7, 11) is 1.58. The fraction of sp³-hybridized carbons (Fsp3) is 0.111. The van der Waals surface area contributed by atoms with Gasteiger partial charge in [0.1, 0.15) is 11.6 Å². The summed E-state index contributed by atoms with van der Waals surface area (Å²) in [6.07, 6.45) is 0. The third-order valence-corrected chi connectivity index (χ3v) is 3.49. The Morgan fingerprint density at radius 2 is 1.84 bits per heavy atom. The van der Waals surface area contributed by atoms with Crippen molar-refractivity contribution in [1.29, 1.82) is 0 Å². The number of aromatic nitrogens is 2. The number of halogens is 1. The van der Waals surface area contributed by atoms with E-state index >= 15 is 0 Å². The van der Waals surface area contributed by atoms with Crippen molar-refractivity contribution in [3.05, 3.63) is 60.4 Å². The number of aliphatic carboxylic acids is 1. The quantitative estimate of drug-likeness (QED) is 0.745. The van der Waals surface area contributed by atoms with Gasteiger partial charge in [0.2, 0.25) is 5.88 Å². The van der Waals surface area contributed by atoms with Crippen LogP contribution in [-0.4, -0.2) is 34.6 Å². The van der Waals surface area contributed by atoms with E-state index in [2.05, 4.69) is 5.10 Å². The van der Waals surface area contributed by atoms with Crippen molar-refractivity contribution in [1.82, 2.24) is 9.78 Å². The first-order valence-electron chi connectivity index (χ1n) is 7.42. The van der Waals surface area contributed by atoms with Crippen LogP contribution in [0.25, 0.3) is 16.9 Å². The normalized spacial score (nSPS) is 10.5. The van der Waals surface area contributed by atoms with Gasteiger partial charge in [0.05, 0.1) is 18.5 Å². The molecule has 0 atom stereocenters. The maximum absolute atomic E-state index is 13.2. The van der Waals surface area contributed by atoms with E-state index in [4.69, 9.17) is 14.6 Å². The average Bonchev–Trinajstić information content (AvgIpc) is 3.05. The smallest absolute Gasteiger partial charge is 0.341 e. The van der Waals surface area contributed by atoms with Crippen LogP contribution in [0.5, 0.6) is 11.6 Å².